The normalized spacial score (nSPS) is 13.6. The Balaban J connectivity index is 1.74. The third kappa shape index (κ3) is 5.21. The van der Waals surface area contributed by atoms with Crippen molar-refractivity contribution in [2.75, 3.05) is 31.6 Å². The molecule has 4 heteroatoms. The summed E-state index contributed by atoms with van der Waals surface area (Å²) < 4.78 is 0. The van der Waals surface area contributed by atoms with Crippen LogP contribution in [0.15, 0.2) is 54.6 Å². The topological polar surface area (TPSA) is 23.6 Å². The molecule has 0 amide bonds. The van der Waals surface area contributed by atoms with Crippen LogP contribution < -0.4 is 4.90 Å². The smallest absolute Gasteiger partial charge is 0.152 e. The second-order valence-corrected chi connectivity index (χ2v) is 7.62. The highest BCUT2D eigenvalue weighted by molar-refractivity contribution is 6.30. The van der Waals surface area contributed by atoms with Gasteiger partial charge >= 0.3 is 0 Å². The van der Waals surface area contributed by atoms with E-state index >= 15 is 0 Å². The maximum atomic E-state index is 11.0. The molecule has 1 heterocycles. The van der Waals surface area contributed by atoms with Crippen LogP contribution in [0.4, 0.5) is 11.4 Å². The SMILES string of the molecule is CC(=O)/C=C/CN(C)CCCN1c2ccccc2CCc2ccc(Cl)cc21. The van der Waals surface area contributed by atoms with Gasteiger partial charge in [-0.25, -0.2) is 0 Å². The van der Waals surface area contributed by atoms with Gasteiger partial charge in [-0.2, -0.15) is 0 Å². The third-order valence-corrected chi connectivity index (χ3v) is 5.21. The lowest BCUT2D eigenvalue weighted by atomic mass is 10.0. The number of hydrogen-bond acceptors (Lipinski definition) is 3. The quantitative estimate of drug-likeness (QED) is 0.626. The van der Waals surface area contributed by atoms with Gasteiger partial charge in [0.25, 0.3) is 0 Å². The highest BCUT2D eigenvalue weighted by Gasteiger charge is 2.20. The first-order valence-corrected chi connectivity index (χ1v) is 9.92. The van der Waals surface area contributed by atoms with Crippen molar-refractivity contribution in [2.45, 2.75) is 26.2 Å². The first-order valence-electron chi connectivity index (χ1n) is 9.54. The van der Waals surface area contributed by atoms with Gasteiger partial charge in [0, 0.05) is 29.5 Å². The Hall–Kier alpha value is -2.10. The fourth-order valence-electron chi connectivity index (χ4n) is 3.61. The molecule has 0 N–H and O–H groups in total. The van der Waals surface area contributed by atoms with Crippen LogP contribution in [-0.4, -0.2) is 37.4 Å². The number of halogens is 1. The minimum Gasteiger partial charge on any atom is -0.341 e. The molecular weight excluding hydrogens is 356 g/mol. The molecule has 2 aromatic rings. The molecule has 27 heavy (non-hydrogen) atoms. The van der Waals surface area contributed by atoms with Crippen LogP contribution in [-0.2, 0) is 17.6 Å². The van der Waals surface area contributed by atoms with Crippen LogP contribution in [0, 0.1) is 0 Å². The second-order valence-electron chi connectivity index (χ2n) is 7.18. The monoisotopic (exact) mass is 382 g/mol. The number of hydrogen-bond donors (Lipinski definition) is 0. The Morgan fingerprint density at radius 3 is 2.67 bits per heavy atom. The number of fused-ring (bicyclic) bond motifs is 2. The second kappa shape index (κ2) is 9.20. The van der Waals surface area contributed by atoms with E-state index in [4.69, 9.17) is 11.6 Å². The minimum absolute atomic E-state index is 0.0954. The molecular formula is C23H27ClN2O. The van der Waals surface area contributed by atoms with Crippen molar-refractivity contribution in [2.24, 2.45) is 0 Å². The molecule has 0 spiro atoms. The zero-order valence-electron chi connectivity index (χ0n) is 16.1. The van der Waals surface area contributed by atoms with E-state index in [9.17, 15) is 4.79 Å². The Labute approximate surface area is 167 Å². The average molecular weight is 383 g/mol. The molecule has 0 bridgehead atoms. The Morgan fingerprint density at radius 1 is 1.15 bits per heavy atom. The van der Waals surface area contributed by atoms with Crippen molar-refractivity contribution in [3.63, 3.8) is 0 Å². The van der Waals surface area contributed by atoms with Gasteiger partial charge in [-0.1, -0.05) is 41.9 Å². The molecule has 0 fully saturated rings. The summed E-state index contributed by atoms with van der Waals surface area (Å²) in [4.78, 5) is 15.7. The molecule has 0 atom stereocenters. The van der Waals surface area contributed by atoms with Crippen LogP contribution >= 0.6 is 11.6 Å². The van der Waals surface area contributed by atoms with E-state index in [-0.39, 0.29) is 5.78 Å². The fraction of sp³-hybridized carbons (Fsp3) is 0.348. The molecule has 0 saturated carbocycles. The Morgan fingerprint density at radius 2 is 1.89 bits per heavy atom. The van der Waals surface area contributed by atoms with Crippen LogP contribution in [0.1, 0.15) is 24.5 Å². The molecule has 142 valence electrons. The maximum absolute atomic E-state index is 11.0. The van der Waals surface area contributed by atoms with E-state index < -0.39 is 0 Å². The molecule has 0 saturated heterocycles. The van der Waals surface area contributed by atoms with Crippen LogP contribution in [0.2, 0.25) is 5.02 Å². The highest BCUT2D eigenvalue weighted by Crippen LogP contribution is 2.37. The van der Waals surface area contributed by atoms with Gasteiger partial charge in [0.05, 0.1) is 0 Å². The summed E-state index contributed by atoms with van der Waals surface area (Å²) in [5, 5.41) is 0.782. The fourth-order valence-corrected chi connectivity index (χ4v) is 3.78. The average Bonchev–Trinajstić information content (AvgIpc) is 2.79. The molecule has 0 aromatic heterocycles. The predicted octanol–water partition coefficient (Wildman–Crippen LogP) is 5.04. The summed E-state index contributed by atoms with van der Waals surface area (Å²) in [5.41, 5.74) is 5.26. The van der Waals surface area contributed by atoms with Gasteiger partial charge in [-0.3, -0.25) is 4.79 Å². The van der Waals surface area contributed by atoms with E-state index in [0.29, 0.717) is 0 Å². The van der Waals surface area contributed by atoms with Crippen LogP contribution in [0.25, 0.3) is 0 Å². The first-order chi connectivity index (χ1) is 13.0. The summed E-state index contributed by atoms with van der Waals surface area (Å²) >= 11 is 6.32. The number of para-hydroxylation sites is 1. The standard InChI is InChI=1S/C23H27ClN2O/c1-18(27)7-5-14-25(2)15-6-16-26-22-9-4-3-8-19(22)10-11-20-12-13-21(24)17-23(20)26/h3-5,7-9,12-13,17H,6,10-11,14-16H2,1-2H3/b7-5+. The lowest BCUT2D eigenvalue weighted by Gasteiger charge is -2.28. The summed E-state index contributed by atoms with van der Waals surface area (Å²) in [6, 6.07) is 14.9. The number of allylic oxidation sites excluding steroid dienone is 1. The number of aryl methyl sites for hydroxylation is 2. The molecule has 3 nitrogen and oxygen atoms in total. The maximum Gasteiger partial charge on any atom is 0.152 e. The van der Waals surface area contributed by atoms with E-state index in [1.165, 1.54) is 22.5 Å². The van der Waals surface area contributed by atoms with Gasteiger partial charge in [-0.05, 0) is 75.2 Å². The Kier molecular flexibility index (Phi) is 6.70. The van der Waals surface area contributed by atoms with E-state index in [1.54, 1.807) is 13.0 Å². The predicted molar refractivity (Wildman–Crippen MR) is 114 cm³/mol. The van der Waals surface area contributed by atoms with Gasteiger partial charge < -0.3 is 9.80 Å². The van der Waals surface area contributed by atoms with E-state index in [0.717, 1.165) is 43.9 Å². The van der Waals surface area contributed by atoms with Crippen molar-refractivity contribution in [1.29, 1.82) is 0 Å². The molecule has 2 aromatic carbocycles. The van der Waals surface area contributed by atoms with Gasteiger partial charge in [0.1, 0.15) is 0 Å². The van der Waals surface area contributed by atoms with Crippen molar-refractivity contribution < 1.29 is 4.79 Å². The minimum atomic E-state index is 0.0954. The summed E-state index contributed by atoms with van der Waals surface area (Å²) in [7, 11) is 2.09. The number of ketones is 1. The third-order valence-electron chi connectivity index (χ3n) is 4.98. The van der Waals surface area contributed by atoms with Crippen molar-refractivity contribution in [3.8, 4) is 0 Å². The van der Waals surface area contributed by atoms with Crippen molar-refractivity contribution >= 4 is 28.8 Å². The number of nitrogens with zero attached hydrogens (tertiary/aromatic N) is 2. The number of benzene rings is 2. The number of likely N-dealkylation sites (N-methyl/N-ethyl adjacent to an activating group) is 1. The highest BCUT2D eigenvalue weighted by atomic mass is 35.5. The van der Waals surface area contributed by atoms with Crippen LogP contribution in [0.3, 0.4) is 0 Å². The molecule has 0 aliphatic carbocycles. The lowest BCUT2D eigenvalue weighted by molar-refractivity contribution is -0.112. The number of rotatable bonds is 7. The van der Waals surface area contributed by atoms with Crippen molar-refractivity contribution in [1.82, 2.24) is 4.90 Å². The molecule has 0 radical (unpaired) electrons. The van der Waals surface area contributed by atoms with E-state index in [1.807, 2.05) is 12.1 Å². The summed E-state index contributed by atoms with van der Waals surface area (Å²) in [6.45, 7) is 4.27. The largest absolute Gasteiger partial charge is 0.341 e. The molecule has 1 aliphatic rings. The molecule has 0 unspecified atom stereocenters. The van der Waals surface area contributed by atoms with E-state index in [2.05, 4.69) is 53.2 Å². The Bertz CT molecular complexity index is 831. The van der Waals surface area contributed by atoms with Crippen LogP contribution in [0.5, 0.6) is 0 Å². The number of carbonyl (C=O) groups is 1. The first kappa shape index (κ1) is 19.7. The number of carbonyl (C=O) groups excluding carboxylic acids is 1. The van der Waals surface area contributed by atoms with Gasteiger partial charge in [0.2, 0.25) is 0 Å². The lowest BCUT2D eigenvalue weighted by Crippen LogP contribution is -2.26. The zero-order valence-corrected chi connectivity index (χ0v) is 16.9. The summed E-state index contributed by atoms with van der Waals surface area (Å²) in [6.07, 6.45) is 6.69. The van der Waals surface area contributed by atoms with Gasteiger partial charge in [0.15, 0.2) is 5.78 Å². The molecule has 1 aliphatic heterocycles. The van der Waals surface area contributed by atoms with Crippen molar-refractivity contribution in [3.05, 3.63) is 70.8 Å². The van der Waals surface area contributed by atoms with Gasteiger partial charge in [-0.15, -0.1) is 0 Å². The summed E-state index contributed by atoms with van der Waals surface area (Å²) in [5.74, 6) is 0.0954. The number of anilines is 2. The molecule has 3 rings (SSSR count). The zero-order chi connectivity index (χ0) is 19.2.